The lowest BCUT2D eigenvalue weighted by Gasteiger charge is -2.28. The summed E-state index contributed by atoms with van der Waals surface area (Å²) in [6.07, 6.45) is 2.16. The predicted octanol–water partition coefficient (Wildman–Crippen LogP) is 2.73. The Labute approximate surface area is 129 Å². The van der Waals surface area contributed by atoms with Crippen molar-refractivity contribution in [2.45, 2.75) is 6.54 Å². The van der Waals surface area contributed by atoms with E-state index in [0.29, 0.717) is 6.54 Å². The lowest BCUT2D eigenvalue weighted by atomic mass is 9.89. The molecule has 4 nitrogen and oxygen atoms in total. The molecule has 0 aromatic heterocycles. The maximum atomic E-state index is 11.1. The minimum absolute atomic E-state index is 0.269. The van der Waals surface area contributed by atoms with Gasteiger partial charge in [-0.2, -0.15) is 0 Å². The van der Waals surface area contributed by atoms with Crippen molar-refractivity contribution in [3.8, 4) is 0 Å². The molecule has 0 fully saturated rings. The van der Waals surface area contributed by atoms with E-state index in [-0.39, 0.29) is 5.56 Å². The number of rotatable bonds is 3. The van der Waals surface area contributed by atoms with Crippen molar-refractivity contribution in [1.29, 1.82) is 0 Å². The summed E-state index contributed by atoms with van der Waals surface area (Å²) in [5.41, 5.74) is 11.4. The molecule has 2 aromatic carbocycles. The monoisotopic (exact) mass is 294 g/mol. The van der Waals surface area contributed by atoms with E-state index >= 15 is 0 Å². The van der Waals surface area contributed by atoms with Gasteiger partial charge in [0.15, 0.2) is 0 Å². The molecule has 1 aliphatic rings. The number of benzene rings is 2. The Morgan fingerprint density at radius 3 is 2.73 bits per heavy atom. The number of carboxylic acids is 1. The molecule has 2 aromatic rings. The molecule has 0 atom stereocenters. The summed E-state index contributed by atoms with van der Waals surface area (Å²) in [6.45, 7) is 1.13. The zero-order valence-corrected chi connectivity index (χ0v) is 12.4. The molecule has 4 heteroatoms. The summed E-state index contributed by atoms with van der Waals surface area (Å²) in [5, 5.41) is 9.14. The molecule has 22 heavy (non-hydrogen) atoms. The molecule has 0 unspecified atom stereocenters. The number of nitrogens with two attached hydrogens (primary N) is 1. The van der Waals surface area contributed by atoms with Gasteiger partial charge in [0, 0.05) is 31.4 Å². The fraction of sp³-hybridized carbons (Fsp3) is 0.167. The first-order valence-corrected chi connectivity index (χ1v) is 7.19. The number of hydrogen-bond acceptors (Lipinski definition) is 3. The number of hydrogen-bond donors (Lipinski definition) is 2. The van der Waals surface area contributed by atoms with Gasteiger partial charge in [-0.25, -0.2) is 4.79 Å². The summed E-state index contributed by atoms with van der Waals surface area (Å²) in [6, 6.07) is 13.4. The fourth-order valence-corrected chi connectivity index (χ4v) is 2.88. The number of nitrogens with zero attached hydrogens (tertiary/aromatic N) is 1. The van der Waals surface area contributed by atoms with Crippen LogP contribution in [-0.2, 0) is 6.54 Å². The molecule has 0 amide bonds. The molecular formula is C18H18N2O2. The van der Waals surface area contributed by atoms with Crippen LogP contribution in [0.4, 0.5) is 5.69 Å². The average Bonchev–Trinajstić information content (AvgIpc) is 2.55. The summed E-state index contributed by atoms with van der Waals surface area (Å²) < 4.78 is 0. The third-order valence-electron chi connectivity index (χ3n) is 4.04. The van der Waals surface area contributed by atoms with Crippen LogP contribution >= 0.6 is 0 Å². The first kappa shape index (κ1) is 14.4. The molecule has 0 bridgehead atoms. The Morgan fingerprint density at radius 1 is 1.23 bits per heavy atom. The highest BCUT2D eigenvalue weighted by Gasteiger charge is 2.19. The smallest absolute Gasteiger partial charge is 0.335 e. The summed E-state index contributed by atoms with van der Waals surface area (Å²) in [5.74, 6) is -0.931. The van der Waals surface area contributed by atoms with Crippen molar-refractivity contribution >= 4 is 17.2 Å². The van der Waals surface area contributed by atoms with Crippen molar-refractivity contribution in [2.75, 3.05) is 18.5 Å². The van der Waals surface area contributed by atoms with E-state index in [4.69, 9.17) is 10.8 Å². The second-order valence-electron chi connectivity index (χ2n) is 5.40. The van der Waals surface area contributed by atoms with E-state index < -0.39 is 5.97 Å². The average molecular weight is 294 g/mol. The Morgan fingerprint density at radius 2 is 2.00 bits per heavy atom. The van der Waals surface area contributed by atoms with Crippen LogP contribution in [0.15, 0.2) is 48.5 Å². The number of likely N-dealkylation sites (N-methyl/N-ethyl adjacent to an activating group) is 1. The van der Waals surface area contributed by atoms with Crippen molar-refractivity contribution in [3.05, 3.63) is 70.8 Å². The Hall–Kier alpha value is -2.59. The summed E-state index contributed by atoms with van der Waals surface area (Å²) in [7, 11) is 2.06. The second kappa shape index (κ2) is 5.66. The largest absolute Gasteiger partial charge is 0.478 e. The van der Waals surface area contributed by atoms with Gasteiger partial charge < -0.3 is 15.7 Å². The van der Waals surface area contributed by atoms with Crippen LogP contribution in [-0.4, -0.2) is 24.7 Å². The molecule has 0 spiro atoms. The van der Waals surface area contributed by atoms with Crippen LogP contribution in [0.1, 0.15) is 27.0 Å². The summed E-state index contributed by atoms with van der Waals surface area (Å²) in [4.78, 5) is 13.3. The fourth-order valence-electron chi connectivity index (χ4n) is 2.88. The number of carboxylic acid groups (broad SMARTS) is 1. The molecule has 3 N–H and O–H groups in total. The Bertz CT molecular complexity index is 765. The minimum atomic E-state index is -0.931. The number of carbonyl (C=O) groups is 1. The molecule has 0 saturated heterocycles. The summed E-state index contributed by atoms with van der Waals surface area (Å²) >= 11 is 0. The van der Waals surface area contributed by atoms with Crippen LogP contribution in [0, 0.1) is 0 Å². The molecule has 0 saturated carbocycles. The van der Waals surface area contributed by atoms with Crippen molar-refractivity contribution in [1.82, 2.24) is 0 Å². The van der Waals surface area contributed by atoms with E-state index in [9.17, 15) is 4.79 Å². The lowest BCUT2D eigenvalue weighted by Crippen LogP contribution is -2.22. The lowest BCUT2D eigenvalue weighted by molar-refractivity contribution is 0.0697. The van der Waals surface area contributed by atoms with Gasteiger partial charge in [-0.15, -0.1) is 0 Å². The van der Waals surface area contributed by atoms with Crippen molar-refractivity contribution < 1.29 is 9.90 Å². The molecule has 3 rings (SSSR count). The van der Waals surface area contributed by atoms with Gasteiger partial charge in [-0.3, -0.25) is 0 Å². The van der Waals surface area contributed by atoms with Gasteiger partial charge in [-0.05, 0) is 34.9 Å². The van der Waals surface area contributed by atoms with Gasteiger partial charge >= 0.3 is 5.97 Å². The predicted molar refractivity (Wildman–Crippen MR) is 88.1 cm³/mol. The Kier molecular flexibility index (Phi) is 3.69. The molecule has 1 heterocycles. The third-order valence-corrected chi connectivity index (χ3v) is 4.04. The second-order valence-corrected chi connectivity index (χ2v) is 5.40. The van der Waals surface area contributed by atoms with Crippen LogP contribution in [0.2, 0.25) is 0 Å². The van der Waals surface area contributed by atoms with Gasteiger partial charge in [0.1, 0.15) is 0 Å². The molecule has 0 radical (unpaired) electrons. The molecule has 1 aliphatic heterocycles. The highest BCUT2D eigenvalue weighted by atomic mass is 16.4. The van der Waals surface area contributed by atoms with Crippen LogP contribution in [0.25, 0.3) is 5.57 Å². The molecule has 0 aliphatic carbocycles. The minimum Gasteiger partial charge on any atom is -0.478 e. The van der Waals surface area contributed by atoms with Gasteiger partial charge in [0.25, 0.3) is 0 Å². The van der Waals surface area contributed by atoms with Crippen LogP contribution in [0.5, 0.6) is 0 Å². The maximum absolute atomic E-state index is 11.1. The van der Waals surface area contributed by atoms with E-state index in [1.54, 1.807) is 12.1 Å². The number of fused-ring (bicyclic) bond motifs is 1. The molecule has 112 valence electrons. The highest BCUT2D eigenvalue weighted by Crippen LogP contribution is 2.36. The number of anilines is 1. The van der Waals surface area contributed by atoms with Gasteiger partial charge in [0.05, 0.1) is 5.56 Å². The zero-order valence-electron chi connectivity index (χ0n) is 12.4. The van der Waals surface area contributed by atoms with E-state index in [0.717, 1.165) is 28.8 Å². The van der Waals surface area contributed by atoms with E-state index in [2.05, 4.69) is 30.2 Å². The van der Waals surface area contributed by atoms with Gasteiger partial charge in [-0.1, -0.05) is 30.3 Å². The molecular weight excluding hydrogens is 276 g/mol. The topological polar surface area (TPSA) is 66.6 Å². The van der Waals surface area contributed by atoms with Gasteiger partial charge in [0.2, 0.25) is 0 Å². The first-order valence-electron chi connectivity index (χ1n) is 7.19. The van der Waals surface area contributed by atoms with Crippen molar-refractivity contribution in [3.63, 3.8) is 0 Å². The van der Waals surface area contributed by atoms with E-state index in [1.165, 1.54) is 5.69 Å². The van der Waals surface area contributed by atoms with Crippen LogP contribution < -0.4 is 10.6 Å². The number of para-hydroxylation sites is 1. The third kappa shape index (κ3) is 2.38. The van der Waals surface area contributed by atoms with Crippen LogP contribution in [0.3, 0.4) is 0 Å². The Balaban J connectivity index is 2.14. The standard InChI is InChI=1S/C18H18N2O2/c1-20-9-8-15(16-4-2-3-5-17(16)20)14-7-6-12(18(21)22)10-13(14)11-19/h2-8,10H,9,11,19H2,1H3,(H,21,22). The zero-order chi connectivity index (χ0) is 15.7. The van der Waals surface area contributed by atoms with Crippen molar-refractivity contribution in [2.24, 2.45) is 5.73 Å². The first-order chi connectivity index (χ1) is 10.6. The van der Waals surface area contributed by atoms with E-state index in [1.807, 2.05) is 18.2 Å². The number of aromatic carboxylic acids is 1. The normalized spacial score (nSPS) is 13.5. The highest BCUT2D eigenvalue weighted by molar-refractivity contribution is 5.92. The SMILES string of the molecule is CN1CC=C(c2ccc(C(=O)O)cc2CN)c2ccccc21. The quantitative estimate of drug-likeness (QED) is 0.913. The maximum Gasteiger partial charge on any atom is 0.335 e.